The molecule has 2 aliphatic carbocycles. The highest BCUT2D eigenvalue weighted by Crippen LogP contribution is 2.44. The van der Waals surface area contributed by atoms with Gasteiger partial charge < -0.3 is 20.5 Å². The van der Waals surface area contributed by atoms with Crippen molar-refractivity contribution in [1.29, 1.82) is 0 Å². The monoisotopic (exact) mass is 478 g/mol. The summed E-state index contributed by atoms with van der Waals surface area (Å²) in [5.74, 6) is -1.17. The van der Waals surface area contributed by atoms with Crippen LogP contribution in [0.4, 0.5) is 4.79 Å². The first kappa shape index (κ1) is 24.8. The van der Waals surface area contributed by atoms with E-state index in [2.05, 4.69) is 34.9 Å². The largest absolute Gasteiger partial charge is 0.481 e. The van der Waals surface area contributed by atoms with E-state index in [0.717, 1.165) is 30.4 Å². The molecule has 1 fully saturated rings. The zero-order valence-corrected chi connectivity index (χ0v) is 20.2. The molecule has 0 bridgehead atoms. The summed E-state index contributed by atoms with van der Waals surface area (Å²) in [6.45, 7) is 2.11. The molecule has 2 amide bonds. The molecule has 2 aliphatic rings. The average Bonchev–Trinajstić information content (AvgIpc) is 3.16. The van der Waals surface area contributed by atoms with Crippen molar-refractivity contribution in [3.63, 3.8) is 0 Å². The van der Waals surface area contributed by atoms with E-state index in [1.165, 1.54) is 11.1 Å². The zero-order valence-electron chi connectivity index (χ0n) is 20.2. The van der Waals surface area contributed by atoms with Crippen molar-refractivity contribution in [2.24, 2.45) is 0 Å². The first-order valence-electron chi connectivity index (χ1n) is 12.5. The molecule has 35 heavy (non-hydrogen) atoms. The molecule has 3 N–H and O–H groups in total. The average molecular weight is 479 g/mol. The Kier molecular flexibility index (Phi) is 7.73. The van der Waals surface area contributed by atoms with Crippen LogP contribution in [0.3, 0.4) is 0 Å². The minimum atomic E-state index is -0.906. The van der Waals surface area contributed by atoms with Gasteiger partial charge in [0.15, 0.2) is 0 Å². The predicted octanol–water partition coefficient (Wildman–Crippen LogP) is 4.99. The van der Waals surface area contributed by atoms with E-state index in [0.29, 0.717) is 19.3 Å². The second-order valence-corrected chi connectivity index (χ2v) is 9.74. The maximum atomic E-state index is 12.8. The van der Waals surface area contributed by atoms with E-state index < -0.39 is 23.6 Å². The minimum absolute atomic E-state index is 0.0290. The third-order valence-electron chi connectivity index (χ3n) is 7.30. The second kappa shape index (κ2) is 10.9. The summed E-state index contributed by atoms with van der Waals surface area (Å²) in [5.41, 5.74) is 3.92. The number of nitrogens with one attached hydrogen (secondary N) is 2. The highest BCUT2D eigenvalue weighted by Gasteiger charge is 2.36. The van der Waals surface area contributed by atoms with Crippen LogP contribution in [-0.2, 0) is 14.3 Å². The van der Waals surface area contributed by atoms with Gasteiger partial charge in [0.05, 0.1) is 12.0 Å². The van der Waals surface area contributed by atoms with Gasteiger partial charge in [0.25, 0.3) is 0 Å². The van der Waals surface area contributed by atoms with Gasteiger partial charge in [0.1, 0.15) is 6.61 Å². The predicted molar refractivity (Wildman–Crippen MR) is 133 cm³/mol. The first-order valence-corrected chi connectivity index (χ1v) is 12.5. The van der Waals surface area contributed by atoms with Gasteiger partial charge in [-0.15, -0.1) is 0 Å². The molecule has 0 saturated heterocycles. The molecule has 0 radical (unpaired) electrons. The van der Waals surface area contributed by atoms with Crippen LogP contribution in [0.5, 0.6) is 0 Å². The Hall–Kier alpha value is -3.35. The first-order chi connectivity index (χ1) is 16.9. The van der Waals surface area contributed by atoms with Gasteiger partial charge in [-0.1, -0.05) is 74.7 Å². The number of carbonyl (C=O) groups excluding carboxylic acids is 2. The number of amides is 2. The van der Waals surface area contributed by atoms with Gasteiger partial charge in [-0.25, -0.2) is 4.79 Å². The number of alkyl carbamates (subject to hydrolysis) is 1. The minimum Gasteiger partial charge on any atom is -0.481 e. The van der Waals surface area contributed by atoms with Crippen LogP contribution in [0.2, 0.25) is 0 Å². The quantitative estimate of drug-likeness (QED) is 0.471. The van der Waals surface area contributed by atoms with Gasteiger partial charge in [-0.2, -0.15) is 0 Å². The van der Waals surface area contributed by atoms with Crippen molar-refractivity contribution in [2.75, 3.05) is 6.61 Å². The smallest absolute Gasteiger partial charge is 0.407 e. The molecule has 0 unspecified atom stereocenters. The molecular weight excluding hydrogens is 444 g/mol. The lowest BCUT2D eigenvalue weighted by molar-refractivity contribution is -0.139. The Balaban J connectivity index is 1.33. The molecule has 7 heteroatoms. The number of aliphatic carboxylic acids is 1. The van der Waals surface area contributed by atoms with Crippen molar-refractivity contribution in [3.05, 3.63) is 59.7 Å². The number of carboxylic acid groups (broad SMARTS) is 1. The lowest BCUT2D eigenvalue weighted by Gasteiger charge is -2.37. The number of hydrogen-bond acceptors (Lipinski definition) is 4. The van der Waals surface area contributed by atoms with Crippen LogP contribution < -0.4 is 10.6 Å². The Morgan fingerprint density at radius 1 is 1.00 bits per heavy atom. The summed E-state index contributed by atoms with van der Waals surface area (Å²) in [4.78, 5) is 36.8. The lowest BCUT2D eigenvalue weighted by atomic mass is 9.79. The number of carboxylic acids is 1. The zero-order chi connectivity index (χ0) is 24.8. The van der Waals surface area contributed by atoms with E-state index in [1.54, 1.807) is 0 Å². The third kappa shape index (κ3) is 5.84. The number of rotatable bonds is 9. The van der Waals surface area contributed by atoms with E-state index in [4.69, 9.17) is 4.74 Å². The molecule has 1 saturated carbocycles. The summed E-state index contributed by atoms with van der Waals surface area (Å²) < 4.78 is 5.62. The van der Waals surface area contributed by atoms with Crippen molar-refractivity contribution >= 4 is 18.0 Å². The molecule has 186 valence electrons. The maximum Gasteiger partial charge on any atom is 0.407 e. The van der Waals surface area contributed by atoms with Crippen molar-refractivity contribution < 1.29 is 24.2 Å². The van der Waals surface area contributed by atoms with Crippen LogP contribution in [0.15, 0.2) is 48.5 Å². The Morgan fingerprint density at radius 3 is 2.17 bits per heavy atom. The van der Waals surface area contributed by atoms with Crippen LogP contribution in [0.25, 0.3) is 11.1 Å². The van der Waals surface area contributed by atoms with Crippen LogP contribution >= 0.6 is 0 Å². The van der Waals surface area contributed by atoms with E-state index >= 15 is 0 Å². The lowest BCUT2D eigenvalue weighted by Crippen LogP contribution is -2.52. The summed E-state index contributed by atoms with van der Waals surface area (Å²) >= 11 is 0. The molecule has 0 aliphatic heterocycles. The summed E-state index contributed by atoms with van der Waals surface area (Å²) in [7, 11) is 0. The maximum absolute atomic E-state index is 12.8. The SMILES string of the molecule is CC[C@@H](CC(=O)NC1(CC(=O)O)CCCCC1)NC(=O)OCC1c2ccccc2-c2ccccc21. The number of ether oxygens (including phenoxy) is 1. The van der Waals surface area contributed by atoms with Gasteiger partial charge >= 0.3 is 12.1 Å². The summed E-state index contributed by atoms with van der Waals surface area (Å²) in [5, 5.41) is 15.1. The fourth-order valence-electron chi connectivity index (χ4n) is 5.54. The standard InChI is InChI=1S/C28H34N2O5/c1-2-19(16-25(31)30-28(17-26(32)33)14-8-3-9-15-28)29-27(34)35-18-24-22-12-6-4-10-20(22)21-11-5-7-13-23(21)24/h4-7,10-13,19,24H,2-3,8-9,14-18H2,1H3,(H,29,34)(H,30,31)(H,32,33)/t19-/m0/s1. The van der Waals surface area contributed by atoms with Gasteiger partial charge in [0, 0.05) is 18.4 Å². The van der Waals surface area contributed by atoms with Gasteiger partial charge in [-0.05, 0) is 41.5 Å². The molecule has 7 nitrogen and oxygen atoms in total. The van der Waals surface area contributed by atoms with E-state index in [1.807, 2.05) is 31.2 Å². The molecule has 0 aromatic heterocycles. The molecule has 2 aromatic rings. The van der Waals surface area contributed by atoms with E-state index in [9.17, 15) is 19.5 Å². The number of fused-ring (bicyclic) bond motifs is 3. The second-order valence-electron chi connectivity index (χ2n) is 9.74. The number of hydrogen-bond donors (Lipinski definition) is 3. The Morgan fingerprint density at radius 2 is 1.60 bits per heavy atom. The topological polar surface area (TPSA) is 105 Å². The third-order valence-corrected chi connectivity index (χ3v) is 7.30. The summed E-state index contributed by atoms with van der Waals surface area (Å²) in [6, 6.07) is 15.9. The Labute approximate surface area is 206 Å². The van der Waals surface area contributed by atoms with Crippen LogP contribution in [-0.4, -0.2) is 41.3 Å². The molecule has 2 aromatic carbocycles. The van der Waals surface area contributed by atoms with Gasteiger partial charge in [-0.3, -0.25) is 9.59 Å². The molecule has 0 spiro atoms. The van der Waals surface area contributed by atoms with Crippen LogP contribution in [0, 0.1) is 0 Å². The normalized spacial score (nSPS) is 17.1. The molecule has 4 rings (SSSR count). The van der Waals surface area contributed by atoms with Crippen molar-refractivity contribution in [2.45, 2.75) is 75.8 Å². The van der Waals surface area contributed by atoms with Gasteiger partial charge in [0.2, 0.25) is 5.91 Å². The molecule has 1 atom stereocenters. The Bertz CT molecular complexity index is 1030. The van der Waals surface area contributed by atoms with E-state index in [-0.39, 0.29) is 31.3 Å². The highest BCUT2D eigenvalue weighted by atomic mass is 16.5. The fraction of sp³-hybridized carbons (Fsp3) is 0.464. The van der Waals surface area contributed by atoms with Crippen molar-refractivity contribution in [1.82, 2.24) is 10.6 Å². The fourth-order valence-corrected chi connectivity index (χ4v) is 5.54. The number of carbonyl (C=O) groups is 3. The molecular formula is C28H34N2O5. The summed E-state index contributed by atoms with van der Waals surface area (Å²) in [6.07, 6.45) is 4.22. The molecule has 0 heterocycles. The van der Waals surface area contributed by atoms with Crippen LogP contribution in [0.1, 0.15) is 75.3 Å². The van der Waals surface area contributed by atoms with Crippen molar-refractivity contribution in [3.8, 4) is 11.1 Å². The highest BCUT2D eigenvalue weighted by molar-refractivity contribution is 5.80. The number of benzene rings is 2.